The Morgan fingerprint density at radius 1 is 1.33 bits per heavy atom. The molecule has 2 aliphatic heterocycles. The number of carboxylic acid groups (broad SMARTS) is 1. The van der Waals surface area contributed by atoms with Gasteiger partial charge in [-0.1, -0.05) is 12.1 Å². The predicted octanol–water partition coefficient (Wildman–Crippen LogP) is 2.04. The molecule has 0 bridgehead atoms. The fourth-order valence-electron chi connectivity index (χ4n) is 3.84. The minimum absolute atomic E-state index is 0.159. The SMILES string of the molecule is CCOc1ccccc1C(=O)N1CC(C(=O)O)C2(CCOCC2)C1. The van der Waals surface area contributed by atoms with Gasteiger partial charge in [-0.25, -0.2) is 0 Å². The van der Waals surface area contributed by atoms with E-state index in [-0.39, 0.29) is 17.9 Å². The summed E-state index contributed by atoms with van der Waals surface area (Å²) in [5.41, 5.74) is 0.118. The monoisotopic (exact) mass is 333 g/mol. The first-order valence-corrected chi connectivity index (χ1v) is 8.39. The molecule has 24 heavy (non-hydrogen) atoms. The second-order valence-corrected chi connectivity index (χ2v) is 6.48. The standard InChI is InChI=1S/C18H23NO5/c1-2-24-15-6-4-3-5-13(15)16(20)19-11-14(17(21)22)18(12-19)7-9-23-10-8-18/h3-6,14H,2,7-12H2,1H3,(H,21,22). The summed E-state index contributed by atoms with van der Waals surface area (Å²) in [5, 5.41) is 9.64. The lowest BCUT2D eigenvalue weighted by Crippen LogP contribution is -2.40. The molecule has 0 aromatic heterocycles. The zero-order chi connectivity index (χ0) is 17.2. The summed E-state index contributed by atoms with van der Waals surface area (Å²) in [6.07, 6.45) is 1.36. The molecule has 1 atom stereocenters. The number of para-hydroxylation sites is 1. The molecule has 0 radical (unpaired) electrons. The molecule has 2 saturated heterocycles. The molecule has 2 fully saturated rings. The summed E-state index contributed by atoms with van der Waals surface area (Å²) >= 11 is 0. The molecule has 1 aromatic carbocycles. The summed E-state index contributed by atoms with van der Waals surface area (Å²) in [6, 6.07) is 7.13. The van der Waals surface area contributed by atoms with E-state index in [1.54, 1.807) is 23.1 Å². The molecule has 1 aromatic rings. The number of ether oxygens (including phenoxy) is 2. The lowest BCUT2D eigenvalue weighted by molar-refractivity contribution is -0.146. The Morgan fingerprint density at radius 2 is 2.04 bits per heavy atom. The van der Waals surface area contributed by atoms with Crippen molar-refractivity contribution in [2.45, 2.75) is 19.8 Å². The zero-order valence-corrected chi connectivity index (χ0v) is 13.9. The van der Waals surface area contributed by atoms with Gasteiger partial charge in [0.15, 0.2) is 0 Å². The Hall–Kier alpha value is -2.08. The molecular formula is C18H23NO5. The van der Waals surface area contributed by atoms with E-state index in [0.29, 0.717) is 50.5 Å². The van der Waals surface area contributed by atoms with E-state index < -0.39 is 11.9 Å². The van der Waals surface area contributed by atoms with Gasteiger partial charge in [-0.05, 0) is 31.9 Å². The van der Waals surface area contributed by atoms with Crippen LogP contribution in [-0.2, 0) is 9.53 Å². The van der Waals surface area contributed by atoms with Gasteiger partial charge >= 0.3 is 5.97 Å². The second-order valence-electron chi connectivity index (χ2n) is 6.48. The fraction of sp³-hybridized carbons (Fsp3) is 0.556. The molecule has 1 spiro atoms. The van der Waals surface area contributed by atoms with Crippen molar-refractivity contribution in [3.63, 3.8) is 0 Å². The van der Waals surface area contributed by atoms with E-state index in [0.717, 1.165) is 0 Å². The minimum atomic E-state index is -0.828. The highest BCUT2D eigenvalue weighted by atomic mass is 16.5. The number of nitrogens with zero attached hydrogens (tertiary/aromatic N) is 1. The van der Waals surface area contributed by atoms with Gasteiger partial charge in [0.1, 0.15) is 5.75 Å². The Balaban J connectivity index is 1.85. The van der Waals surface area contributed by atoms with Crippen LogP contribution >= 0.6 is 0 Å². The fourth-order valence-corrected chi connectivity index (χ4v) is 3.84. The van der Waals surface area contributed by atoms with Crippen molar-refractivity contribution in [2.75, 3.05) is 32.9 Å². The van der Waals surface area contributed by atoms with Crippen molar-refractivity contribution in [3.05, 3.63) is 29.8 Å². The Morgan fingerprint density at radius 3 is 2.71 bits per heavy atom. The van der Waals surface area contributed by atoms with Crippen LogP contribution in [0.15, 0.2) is 24.3 Å². The van der Waals surface area contributed by atoms with E-state index >= 15 is 0 Å². The average molecular weight is 333 g/mol. The van der Waals surface area contributed by atoms with Gasteiger partial charge in [0.2, 0.25) is 0 Å². The molecule has 2 aliphatic rings. The normalized spacial score (nSPS) is 22.5. The van der Waals surface area contributed by atoms with Crippen molar-refractivity contribution >= 4 is 11.9 Å². The molecule has 1 unspecified atom stereocenters. The molecule has 2 heterocycles. The molecule has 1 amide bonds. The predicted molar refractivity (Wildman–Crippen MR) is 87.1 cm³/mol. The van der Waals surface area contributed by atoms with Crippen molar-refractivity contribution < 1.29 is 24.2 Å². The van der Waals surface area contributed by atoms with E-state index in [9.17, 15) is 14.7 Å². The average Bonchev–Trinajstić information content (AvgIpc) is 2.95. The van der Waals surface area contributed by atoms with Crippen molar-refractivity contribution in [3.8, 4) is 5.75 Å². The zero-order valence-electron chi connectivity index (χ0n) is 13.9. The Bertz CT molecular complexity index is 624. The lowest BCUT2D eigenvalue weighted by Gasteiger charge is -2.36. The number of likely N-dealkylation sites (tertiary alicyclic amines) is 1. The van der Waals surface area contributed by atoms with Gasteiger partial charge < -0.3 is 19.5 Å². The summed E-state index contributed by atoms with van der Waals surface area (Å²) < 4.78 is 10.9. The van der Waals surface area contributed by atoms with Crippen LogP contribution in [0, 0.1) is 11.3 Å². The number of benzene rings is 1. The van der Waals surface area contributed by atoms with Crippen LogP contribution in [0.3, 0.4) is 0 Å². The maximum absolute atomic E-state index is 13.0. The summed E-state index contributed by atoms with van der Waals surface area (Å²) in [4.78, 5) is 26.4. The molecule has 130 valence electrons. The number of hydrogen-bond acceptors (Lipinski definition) is 4. The molecule has 6 nitrogen and oxygen atoms in total. The van der Waals surface area contributed by atoms with Gasteiger partial charge in [0.05, 0.1) is 18.1 Å². The van der Waals surface area contributed by atoms with Crippen LogP contribution in [0.25, 0.3) is 0 Å². The minimum Gasteiger partial charge on any atom is -0.493 e. The number of aliphatic carboxylic acids is 1. The van der Waals surface area contributed by atoms with Gasteiger partial charge in [-0.2, -0.15) is 0 Å². The molecular weight excluding hydrogens is 310 g/mol. The van der Waals surface area contributed by atoms with Gasteiger partial charge in [-0.3, -0.25) is 9.59 Å². The first-order valence-electron chi connectivity index (χ1n) is 8.39. The number of carboxylic acids is 1. The highest BCUT2D eigenvalue weighted by Crippen LogP contribution is 2.45. The van der Waals surface area contributed by atoms with Gasteiger partial charge in [0, 0.05) is 31.7 Å². The number of rotatable bonds is 4. The van der Waals surface area contributed by atoms with E-state index in [4.69, 9.17) is 9.47 Å². The van der Waals surface area contributed by atoms with Crippen LogP contribution in [0.1, 0.15) is 30.1 Å². The highest BCUT2D eigenvalue weighted by molar-refractivity contribution is 5.97. The van der Waals surface area contributed by atoms with Crippen LogP contribution in [0.2, 0.25) is 0 Å². The largest absolute Gasteiger partial charge is 0.493 e. The molecule has 0 saturated carbocycles. The topological polar surface area (TPSA) is 76.1 Å². The van der Waals surface area contributed by atoms with Crippen LogP contribution in [0.5, 0.6) is 5.75 Å². The number of carbonyl (C=O) groups is 2. The second kappa shape index (κ2) is 6.81. The van der Waals surface area contributed by atoms with Crippen LogP contribution in [0.4, 0.5) is 0 Å². The molecule has 1 N–H and O–H groups in total. The summed E-state index contributed by atoms with van der Waals surface area (Å²) in [6.45, 7) is 4.17. The molecule has 0 aliphatic carbocycles. The Kier molecular flexibility index (Phi) is 4.76. The van der Waals surface area contributed by atoms with Crippen molar-refractivity contribution in [1.82, 2.24) is 4.90 Å². The third-order valence-corrected chi connectivity index (χ3v) is 5.14. The summed E-state index contributed by atoms with van der Waals surface area (Å²) in [5.74, 6) is -0.978. The van der Waals surface area contributed by atoms with Gasteiger partial charge in [0.25, 0.3) is 5.91 Å². The third kappa shape index (κ3) is 2.98. The first-order chi connectivity index (χ1) is 11.6. The highest BCUT2D eigenvalue weighted by Gasteiger charge is 2.52. The maximum atomic E-state index is 13.0. The smallest absolute Gasteiger partial charge is 0.308 e. The van der Waals surface area contributed by atoms with Gasteiger partial charge in [-0.15, -0.1) is 0 Å². The maximum Gasteiger partial charge on any atom is 0.308 e. The van der Waals surface area contributed by atoms with E-state index in [2.05, 4.69) is 0 Å². The van der Waals surface area contributed by atoms with E-state index in [1.165, 1.54) is 0 Å². The quantitative estimate of drug-likeness (QED) is 0.912. The van der Waals surface area contributed by atoms with Crippen LogP contribution in [-0.4, -0.2) is 54.8 Å². The number of amides is 1. The third-order valence-electron chi connectivity index (χ3n) is 5.14. The number of hydrogen-bond donors (Lipinski definition) is 1. The van der Waals surface area contributed by atoms with Crippen molar-refractivity contribution in [2.24, 2.45) is 11.3 Å². The van der Waals surface area contributed by atoms with Crippen LogP contribution < -0.4 is 4.74 Å². The summed E-state index contributed by atoms with van der Waals surface area (Å²) in [7, 11) is 0. The number of carbonyl (C=O) groups excluding carboxylic acids is 1. The molecule has 3 rings (SSSR count). The van der Waals surface area contributed by atoms with Crippen molar-refractivity contribution in [1.29, 1.82) is 0 Å². The van der Waals surface area contributed by atoms with E-state index in [1.807, 2.05) is 13.0 Å². The Labute approximate surface area is 141 Å². The molecule has 6 heteroatoms. The lowest BCUT2D eigenvalue weighted by atomic mass is 9.72. The first kappa shape index (κ1) is 16.8.